The summed E-state index contributed by atoms with van der Waals surface area (Å²) in [5.41, 5.74) is 4.00. The van der Waals surface area contributed by atoms with E-state index in [9.17, 15) is 4.79 Å². The number of nitrogens with zero attached hydrogens (tertiary/aromatic N) is 3. The van der Waals surface area contributed by atoms with Crippen molar-refractivity contribution in [3.8, 4) is 16.9 Å². The van der Waals surface area contributed by atoms with Gasteiger partial charge in [0.1, 0.15) is 11.4 Å². The van der Waals surface area contributed by atoms with Crippen LogP contribution in [0.5, 0.6) is 5.75 Å². The van der Waals surface area contributed by atoms with Crippen LogP contribution in [0.1, 0.15) is 6.42 Å². The molecule has 1 saturated heterocycles. The van der Waals surface area contributed by atoms with E-state index in [0.29, 0.717) is 0 Å². The molecule has 1 aliphatic heterocycles. The van der Waals surface area contributed by atoms with E-state index >= 15 is 0 Å². The molecular weight excluding hydrogens is 340 g/mol. The predicted octanol–water partition coefficient (Wildman–Crippen LogP) is 3.15. The third-order valence-corrected chi connectivity index (χ3v) is 5.26. The van der Waals surface area contributed by atoms with Gasteiger partial charge >= 0.3 is 0 Å². The molecule has 0 radical (unpaired) electrons. The van der Waals surface area contributed by atoms with Gasteiger partial charge in [-0.2, -0.15) is 0 Å². The molecule has 3 aromatic rings. The van der Waals surface area contributed by atoms with Crippen molar-refractivity contribution in [3.05, 3.63) is 42.7 Å². The van der Waals surface area contributed by atoms with Crippen molar-refractivity contribution in [2.24, 2.45) is 5.92 Å². The molecule has 6 heteroatoms. The van der Waals surface area contributed by atoms with E-state index in [1.807, 2.05) is 44.7 Å². The monoisotopic (exact) mass is 364 g/mol. The van der Waals surface area contributed by atoms with E-state index in [1.165, 1.54) is 0 Å². The minimum atomic E-state index is 0.0515. The molecular formula is C21H24N4O2. The Bertz CT molecular complexity index is 979. The first kappa shape index (κ1) is 17.4. The van der Waals surface area contributed by atoms with Gasteiger partial charge < -0.3 is 19.5 Å². The Morgan fingerprint density at radius 2 is 2.11 bits per heavy atom. The van der Waals surface area contributed by atoms with E-state index in [-0.39, 0.29) is 11.8 Å². The number of carbonyl (C=O) groups excluding carboxylic acids is 1. The van der Waals surface area contributed by atoms with Gasteiger partial charge in [0.05, 0.1) is 24.9 Å². The molecule has 1 N–H and O–H groups in total. The van der Waals surface area contributed by atoms with Crippen LogP contribution in [0.4, 0.5) is 5.69 Å². The standard InChI is InChI=1S/C21H24N4O2/c1-24(2)21(26)14-8-9-25(13-14)15-10-17-18(12-23-20(17)22-11-15)16-6-4-5-7-19(16)27-3/h4-7,10-12,14H,8-9,13H2,1-3H3,(H,22,23). The number of methoxy groups -OCH3 is 1. The zero-order valence-electron chi connectivity index (χ0n) is 15.9. The number of pyridine rings is 1. The van der Waals surface area contributed by atoms with Gasteiger partial charge in [-0.05, 0) is 18.6 Å². The maximum absolute atomic E-state index is 12.3. The third-order valence-electron chi connectivity index (χ3n) is 5.26. The summed E-state index contributed by atoms with van der Waals surface area (Å²) in [6.07, 6.45) is 4.73. The highest BCUT2D eigenvalue weighted by Crippen LogP contribution is 2.36. The summed E-state index contributed by atoms with van der Waals surface area (Å²) >= 11 is 0. The zero-order chi connectivity index (χ0) is 19.0. The second-order valence-electron chi connectivity index (χ2n) is 7.16. The number of hydrogen-bond donors (Lipinski definition) is 1. The molecule has 27 heavy (non-hydrogen) atoms. The van der Waals surface area contributed by atoms with Gasteiger partial charge in [-0.15, -0.1) is 0 Å². The fraction of sp³-hybridized carbons (Fsp3) is 0.333. The summed E-state index contributed by atoms with van der Waals surface area (Å²) in [4.78, 5) is 24.0. The van der Waals surface area contributed by atoms with Gasteiger partial charge in [-0.25, -0.2) is 4.98 Å². The predicted molar refractivity (Wildman–Crippen MR) is 107 cm³/mol. The van der Waals surface area contributed by atoms with Crippen LogP contribution >= 0.6 is 0 Å². The summed E-state index contributed by atoms with van der Waals surface area (Å²) in [6, 6.07) is 10.1. The maximum Gasteiger partial charge on any atom is 0.227 e. The molecule has 1 aliphatic rings. The van der Waals surface area contributed by atoms with Gasteiger partial charge in [0.15, 0.2) is 0 Å². The number of benzene rings is 1. The molecule has 0 saturated carbocycles. The van der Waals surface area contributed by atoms with Crippen LogP contribution in [-0.2, 0) is 4.79 Å². The number of hydrogen-bond acceptors (Lipinski definition) is 4. The van der Waals surface area contributed by atoms with Gasteiger partial charge in [-0.1, -0.05) is 18.2 Å². The maximum atomic E-state index is 12.3. The molecule has 1 aromatic carbocycles. The molecule has 0 aliphatic carbocycles. The van der Waals surface area contributed by atoms with Crippen molar-refractivity contribution in [1.29, 1.82) is 0 Å². The van der Waals surface area contributed by atoms with Crippen LogP contribution in [0, 0.1) is 5.92 Å². The highest BCUT2D eigenvalue weighted by Gasteiger charge is 2.29. The Labute approximate surface area is 158 Å². The van der Waals surface area contributed by atoms with Crippen LogP contribution in [0.2, 0.25) is 0 Å². The van der Waals surface area contributed by atoms with Gasteiger partial charge in [-0.3, -0.25) is 4.79 Å². The van der Waals surface area contributed by atoms with E-state index in [0.717, 1.165) is 53.1 Å². The summed E-state index contributed by atoms with van der Waals surface area (Å²) in [5, 5.41) is 1.05. The van der Waals surface area contributed by atoms with Crippen molar-refractivity contribution < 1.29 is 9.53 Å². The van der Waals surface area contributed by atoms with Crippen molar-refractivity contribution in [2.45, 2.75) is 6.42 Å². The number of rotatable bonds is 4. The summed E-state index contributed by atoms with van der Waals surface area (Å²) in [5.74, 6) is 1.08. The first-order valence-electron chi connectivity index (χ1n) is 9.15. The van der Waals surface area contributed by atoms with E-state index in [1.54, 1.807) is 12.0 Å². The highest BCUT2D eigenvalue weighted by molar-refractivity contribution is 5.96. The van der Waals surface area contributed by atoms with Crippen molar-refractivity contribution in [3.63, 3.8) is 0 Å². The molecule has 2 aromatic heterocycles. The Balaban J connectivity index is 1.68. The van der Waals surface area contributed by atoms with Crippen LogP contribution in [0.3, 0.4) is 0 Å². The Morgan fingerprint density at radius 1 is 1.30 bits per heavy atom. The van der Waals surface area contributed by atoms with Gasteiger partial charge in [0.2, 0.25) is 5.91 Å². The van der Waals surface area contributed by atoms with Crippen molar-refractivity contribution >= 4 is 22.6 Å². The smallest absolute Gasteiger partial charge is 0.227 e. The first-order valence-corrected chi connectivity index (χ1v) is 9.15. The van der Waals surface area contributed by atoms with E-state index in [4.69, 9.17) is 4.74 Å². The van der Waals surface area contributed by atoms with E-state index in [2.05, 4.69) is 27.0 Å². The second kappa shape index (κ2) is 6.95. The highest BCUT2D eigenvalue weighted by atomic mass is 16.5. The largest absolute Gasteiger partial charge is 0.496 e. The first-order chi connectivity index (χ1) is 13.1. The molecule has 0 bridgehead atoms. The minimum absolute atomic E-state index is 0.0515. The molecule has 140 valence electrons. The summed E-state index contributed by atoms with van der Waals surface area (Å²) in [6.45, 7) is 1.60. The number of para-hydroxylation sites is 1. The molecule has 1 unspecified atom stereocenters. The van der Waals surface area contributed by atoms with Crippen LogP contribution in [0.25, 0.3) is 22.2 Å². The lowest BCUT2D eigenvalue weighted by Crippen LogP contribution is -2.31. The molecule has 1 fully saturated rings. The Kier molecular flexibility index (Phi) is 4.48. The number of fused-ring (bicyclic) bond motifs is 1. The molecule has 1 amide bonds. The molecule has 6 nitrogen and oxygen atoms in total. The topological polar surface area (TPSA) is 61.5 Å². The third kappa shape index (κ3) is 3.12. The number of H-pyrrole nitrogens is 1. The van der Waals surface area contributed by atoms with Crippen molar-refractivity contribution in [1.82, 2.24) is 14.9 Å². The molecule has 3 heterocycles. The fourth-order valence-electron chi connectivity index (χ4n) is 3.82. The average Bonchev–Trinajstić information content (AvgIpc) is 3.34. The number of amides is 1. The van der Waals surface area contributed by atoms with Crippen LogP contribution in [-0.4, -0.2) is 55.1 Å². The number of ether oxygens (including phenoxy) is 1. The lowest BCUT2D eigenvalue weighted by atomic mass is 10.0. The SMILES string of the molecule is COc1ccccc1-c1c[nH]c2ncc(N3CCC(C(=O)N(C)C)C3)cc12. The number of anilines is 1. The van der Waals surface area contributed by atoms with Crippen LogP contribution in [0.15, 0.2) is 42.7 Å². The normalized spacial score (nSPS) is 16.7. The summed E-state index contributed by atoms with van der Waals surface area (Å²) < 4.78 is 5.52. The van der Waals surface area contributed by atoms with Gasteiger partial charge in [0, 0.05) is 49.9 Å². The minimum Gasteiger partial charge on any atom is -0.496 e. The Hall–Kier alpha value is -3.02. The fourth-order valence-corrected chi connectivity index (χ4v) is 3.82. The molecule has 1 atom stereocenters. The lowest BCUT2D eigenvalue weighted by Gasteiger charge is -2.20. The Morgan fingerprint density at radius 3 is 2.89 bits per heavy atom. The van der Waals surface area contributed by atoms with E-state index < -0.39 is 0 Å². The molecule has 4 rings (SSSR count). The summed E-state index contributed by atoms with van der Waals surface area (Å²) in [7, 11) is 5.32. The average molecular weight is 364 g/mol. The number of carbonyl (C=O) groups is 1. The second-order valence-corrected chi connectivity index (χ2v) is 7.16. The van der Waals surface area contributed by atoms with Gasteiger partial charge in [0.25, 0.3) is 0 Å². The quantitative estimate of drug-likeness (QED) is 0.773. The van der Waals surface area contributed by atoms with Crippen molar-refractivity contribution in [2.75, 3.05) is 39.2 Å². The number of aromatic nitrogens is 2. The van der Waals surface area contributed by atoms with Crippen LogP contribution < -0.4 is 9.64 Å². The number of nitrogens with one attached hydrogen (secondary N) is 1. The lowest BCUT2D eigenvalue weighted by molar-refractivity contribution is -0.132. The zero-order valence-corrected chi connectivity index (χ0v) is 15.9. The molecule has 0 spiro atoms. The number of aromatic amines is 1.